The van der Waals surface area contributed by atoms with Gasteiger partial charge in [-0.3, -0.25) is 9.69 Å². The van der Waals surface area contributed by atoms with Gasteiger partial charge in [0.25, 0.3) is 0 Å². The summed E-state index contributed by atoms with van der Waals surface area (Å²) >= 11 is 0. The summed E-state index contributed by atoms with van der Waals surface area (Å²) in [6.07, 6.45) is 0. The Morgan fingerprint density at radius 3 is 2.21 bits per heavy atom. The Labute approximate surface area is 166 Å². The van der Waals surface area contributed by atoms with Crippen molar-refractivity contribution in [3.05, 3.63) is 96.1 Å². The van der Waals surface area contributed by atoms with E-state index in [9.17, 15) is 4.79 Å². The molecule has 144 valence electrons. The van der Waals surface area contributed by atoms with Gasteiger partial charge in [-0.2, -0.15) is 0 Å². The van der Waals surface area contributed by atoms with Crippen molar-refractivity contribution in [2.75, 3.05) is 19.0 Å². The van der Waals surface area contributed by atoms with Gasteiger partial charge in [-0.05, 0) is 37.2 Å². The Balaban J connectivity index is 1.85. The number of likely N-dealkylation sites (N-methyl/N-ethyl adjacent to an activating group) is 1. The molecule has 0 unspecified atom stereocenters. The van der Waals surface area contributed by atoms with Crippen LogP contribution in [0.15, 0.2) is 84.9 Å². The monoisotopic (exact) mass is 374 g/mol. The quantitative estimate of drug-likeness (QED) is 0.610. The average molecular weight is 374 g/mol. The van der Waals surface area contributed by atoms with E-state index in [2.05, 4.69) is 22.3 Å². The maximum Gasteiger partial charge on any atom is 0.246 e. The number of anilines is 1. The van der Waals surface area contributed by atoms with E-state index in [1.807, 2.05) is 86.8 Å². The second kappa shape index (κ2) is 9.72. The van der Waals surface area contributed by atoms with E-state index < -0.39 is 6.04 Å². The molecule has 0 saturated heterocycles. The Morgan fingerprint density at radius 1 is 0.929 bits per heavy atom. The highest BCUT2D eigenvalue weighted by molar-refractivity contribution is 5.96. The molecule has 3 aromatic rings. The lowest BCUT2D eigenvalue weighted by molar-refractivity contribution is -0.121. The van der Waals surface area contributed by atoms with Crippen molar-refractivity contribution in [1.82, 2.24) is 4.90 Å². The highest BCUT2D eigenvalue weighted by atomic mass is 16.5. The number of nitrogens with zero attached hydrogens (tertiary/aromatic N) is 1. The SMILES string of the molecule is CCOc1ccccc1NC(=O)[C@H](c1ccccc1)N(C)Cc1ccccc1. The number of hydrogen-bond acceptors (Lipinski definition) is 3. The van der Waals surface area contributed by atoms with Crippen LogP contribution in [0.5, 0.6) is 5.75 Å². The molecule has 0 spiro atoms. The molecular formula is C24H26N2O2. The minimum absolute atomic E-state index is 0.0863. The Morgan fingerprint density at radius 2 is 1.54 bits per heavy atom. The first-order valence-electron chi connectivity index (χ1n) is 9.51. The van der Waals surface area contributed by atoms with Crippen molar-refractivity contribution in [1.29, 1.82) is 0 Å². The van der Waals surface area contributed by atoms with Crippen molar-refractivity contribution in [2.45, 2.75) is 19.5 Å². The van der Waals surface area contributed by atoms with Crippen molar-refractivity contribution < 1.29 is 9.53 Å². The van der Waals surface area contributed by atoms with Gasteiger partial charge < -0.3 is 10.1 Å². The van der Waals surface area contributed by atoms with Crippen LogP contribution in [0.2, 0.25) is 0 Å². The molecule has 0 aliphatic carbocycles. The number of para-hydroxylation sites is 2. The maximum absolute atomic E-state index is 13.3. The largest absolute Gasteiger partial charge is 0.492 e. The van der Waals surface area contributed by atoms with Crippen molar-refractivity contribution in [2.24, 2.45) is 0 Å². The average Bonchev–Trinajstić information content (AvgIpc) is 2.71. The van der Waals surface area contributed by atoms with Gasteiger partial charge in [0.05, 0.1) is 12.3 Å². The number of rotatable bonds is 8. The van der Waals surface area contributed by atoms with Gasteiger partial charge in [-0.15, -0.1) is 0 Å². The van der Waals surface area contributed by atoms with E-state index in [1.54, 1.807) is 0 Å². The van der Waals surface area contributed by atoms with Gasteiger partial charge in [0.15, 0.2) is 0 Å². The Hall–Kier alpha value is -3.11. The fourth-order valence-corrected chi connectivity index (χ4v) is 3.26. The summed E-state index contributed by atoms with van der Waals surface area (Å²) in [6, 6.07) is 27.1. The van der Waals surface area contributed by atoms with Crippen LogP contribution in [-0.4, -0.2) is 24.5 Å². The fourth-order valence-electron chi connectivity index (χ4n) is 3.26. The molecule has 0 heterocycles. The molecule has 0 aliphatic rings. The van der Waals surface area contributed by atoms with Gasteiger partial charge in [-0.1, -0.05) is 72.8 Å². The molecule has 0 bridgehead atoms. The first-order chi connectivity index (χ1) is 13.7. The van der Waals surface area contributed by atoms with Crippen LogP contribution in [0, 0.1) is 0 Å². The van der Waals surface area contributed by atoms with Gasteiger partial charge in [0.2, 0.25) is 5.91 Å². The summed E-state index contributed by atoms with van der Waals surface area (Å²) in [5.74, 6) is 0.590. The molecule has 0 fully saturated rings. The number of carbonyl (C=O) groups is 1. The highest BCUT2D eigenvalue weighted by Gasteiger charge is 2.26. The molecule has 0 aliphatic heterocycles. The molecule has 1 atom stereocenters. The summed E-state index contributed by atoms with van der Waals surface area (Å²) in [7, 11) is 1.97. The van der Waals surface area contributed by atoms with Crippen molar-refractivity contribution in [3.8, 4) is 5.75 Å². The molecule has 0 saturated carbocycles. The van der Waals surface area contributed by atoms with Crippen LogP contribution in [-0.2, 0) is 11.3 Å². The van der Waals surface area contributed by atoms with E-state index in [0.29, 0.717) is 24.6 Å². The molecular weight excluding hydrogens is 348 g/mol. The lowest BCUT2D eigenvalue weighted by Gasteiger charge is -2.28. The van der Waals surface area contributed by atoms with Crippen molar-refractivity contribution in [3.63, 3.8) is 0 Å². The van der Waals surface area contributed by atoms with Gasteiger partial charge in [0.1, 0.15) is 11.8 Å². The van der Waals surface area contributed by atoms with Crippen LogP contribution in [0.3, 0.4) is 0 Å². The van der Waals surface area contributed by atoms with E-state index in [1.165, 1.54) is 0 Å². The molecule has 4 heteroatoms. The molecule has 0 radical (unpaired) electrons. The third kappa shape index (κ3) is 4.99. The summed E-state index contributed by atoms with van der Waals surface area (Å²) in [4.78, 5) is 15.4. The maximum atomic E-state index is 13.3. The number of hydrogen-bond donors (Lipinski definition) is 1. The zero-order chi connectivity index (χ0) is 19.8. The number of ether oxygens (including phenoxy) is 1. The summed E-state index contributed by atoms with van der Waals surface area (Å²) < 4.78 is 5.65. The lowest BCUT2D eigenvalue weighted by Crippen LogP contribution is -2.34. The molecule has 4 nitrogen and oxygen atoms in total. The zero-order valence-electron chi connectivity index (χ0n) is 16.3. The minimum Gasteiger partial charge on any atom is -0.492 e. The first-order valence-corrected chi connectivity index (χ1v) is 9.51. The summed E-state index contributed by atoms with van der Waals surface area (Å²) in [5, 5.41) is 3.06. The molecule has 0 aromatic heterocycles. The van der Waals surface area contributed by atoms with Crippen LogP contribution in [0.1, 0.15) is 24.1 Å². The molecule has 1 N–H and O–H groups in total. The third-order valence-electron chi connectivity index (χ3n) is 4.52. The molecule has 1 amide bonds. The predicted molar refractivity (Wildman–Crippen MR) is 113 cm³/mol. The van der Waals surface area contributed by atoms with Crippen LogP contribution >= 0.6 is 0 Å². The number of benzene rings is 3. The number of nitrogens with one attached hydrogen (secondary N) is 1. The normalized spacial score (nSPS) is 11.8. The van der Waals surface area contributed by atoms with Crippen LogP contribution < -0.4 is 10.1 Å². The Bertz CT molecular complexity index is 881. The highest BCUT2D eigenvalue weighted by Crippen LogP contribution is 2.28. The lowest BCUT2D eigenvalue weighted by atomic mass is 10.0. The van der Waals surface area contributed by atoms with Crippen molar-refractivity contribution >= 4 is 11.6 Å². The number of amides is 1. The van der Waals surface area contributed by atoms with E-state index in [4.69, 9.17) is 4.74 Å². The smallest absolute Gasteiger partial charge is 0.246 e. The van der Waals surface area contributed by atoms with Crippen LogP contribution in [0.4, 0.5) is 5.69 Å². The van der Waals surface area contributed by atoms with Gasteiger partial charge >= 0.3 is 0 Å². The van der Waals surface area contributed by atoms with Gasteiger partial charge in [0, 0.05) is 6.54 Å². The van der Waals surface area contributed by atoms with E-state index in [0.717, 1.165) is 11.1 Å². The fraction of sp³-hybridized carbons (Fsp3) is 0.208. The molecule has 3 rings (SSSR count). The molecule has 28 heavy (non-hydrogen) atoms. The van der Waals surface area contributed by atoms with E-state index in [-0.39, 0.29) is 5.91 Å². The Kier molecular flexibility index (Phi) is 6.82. The first kappa shape index (κ1) is 19.6. The third-order valence-corrected chi connectivity index (χ3v) is 4.52. The van der Waals surface area contributed by atoms with Crippen LogP contribution in [0.25, 0.3) is 0 Å². The standard InChI is InChI=1S/C24H26N2O2/c1-3-28-22-17-11-10-16-21(22)25-24(27)23(20-14-8-5-9-15-20)26(2)18-19-12-6-4-7-13-19/h4-17,23H,3,18H2,1-2H3,(H,25,27)/t23-/m0/s1. The van der Waals surface area contributed by atoms with Gasteiger partial charge in [-0.25, -0.2) is 0 Å². The molecule has 3 aromatic carbocycles. The zero-order valence-corrected chi connectivity index (χ0v) is 16.3. The summed E-state index contributed by atoms with van der Waals surface area (Å²) in [6.45, 7) is 3.14. The second-order valence-corrected chi connectivity index (χ2v) is 6.63. The minimum atomic E-state index is -0.420. The van der Waals surface area contributed by atoms with E-state index >= 15 is 0 Å². The second-order valence-electron chi connectivity index (χ2n) is 6.63. The topological polar surface area (TPSA) is 41.6 Å². The predicted octanol–water partition coefficient (Wildman–Crippen LogP) is 4.90. The summed E-state index contributed by atoms with van der Waals surface area (Å²) in [5.41, 5.74) is 2.80. The number of carbonyl (C=O) groups excluding carboxylic acids is 1.